The maximum absolute atomic E-state index is 10.6. The number of aromatic amines is 1. The van der Waals surface area contributed by atoms with Crippen molar-refractivity contribution in [3.05, 3.63) is 28.2 Å². The van der Waals surface area contributed by atoms with Gasteiger partial charge in [0.25, 0.3) is 5.56 Å². The maximum atomic E-state index is 10.6. The minimum Gasteiger partial charge on any atom is -0.508 e. The third-order valence-electron chi connectivity index (χ3n) is 1.10. The van der Waals surface area contributed by atoms with Crippen LogP contribution in [0.4, 0.5) is 0 Å². The van der Waals surface area contributed by atoms with Gasteiger partial charge in [-0.3, -0.25) is 4.79 Å². The van der Waals surface area contributed by atoms with E-state index in [9.17, 15) is 4.79 Å². The number of aromatic nitrogens is 1. The highest BCUT2D eigenvalue weighted by Gasteiger charge is 1.93. The molecule has 0 aliphatic rings. The Bertz CT molecular complexity index is 279. The van der Waals surface area contributed by atoms with Gasteiger partial charge >= 0.3 is 0 Å². The molecule has 54 valence electrons. The van der Waals surface area contributed by atoms with Crippen molar-refractivity contribution in [1.82, 2.24) is 4.98 Å². The number of pyridine rings is 1. The van der Waals surface area contributed by atoms with Gasteiger partial charge in [-0.15, -0.1) is 0 Å². The van der Waals surface area contributed by atoms with Gasteiger partial charge in [-0.05, 0) is 0 Å². The third kappa shape index (κ3) is 1.35. The molecule has 0 fully saturated rings. The van der Waals surface area contributed by atoms with Crippen LogP contribution in [0.1, 0.15) is 5.69 Å². The summed E-state index contributed by atoms with van der Waals surface area (Å²) < 4.78 is 0. The minimum atomic E-state index is -0.333. The van der Waals surface area contributed by atoms with Gasteiger partial charge in [-0.2, -0.15) is 0 Å². The second-order valence-corrected chi connectivity index (χ2v) is 1.93. The zero-order chi connectivity index (χ0) is 7.56. The van der Waals surface area contributed by atoms with Crippen LogP contribution in [0.5, 0.6) is 5.75 Å². The van der Waals surface area contributed by atoms with Crippen LogP contribution >= 0.6 is 0 Å². The molecule has 0 amide bonds. The Morgan fingerprint density at radius 3 is 2.80 bits per heavy atom. The van der Waals surface area contributed by atoms with E-state index in [1.807, 2.05) is 0 Å². The molecular formula is C6H8N2O2. The topological polar surface area (TPSA) is 79.1 Å². The van der Waals surface area contributed by atoms with E-state index in [2.05, 4.69) is 4.98 Å². The summed E-state index contributed by atoms with van der Waals surface area (Å²) in [6, 6.07) is 2.51. The fraction of sp³-hybridized carbons (Fsp3) is 0.167. The summed E-state index contributed by atoms with van der Waals surface area (Å²) in [5.41, 5.74) is 5.41. The number of aromatic hydroxyl groups is 1. The predicted octanol–water partition coefficient (Wildman–Crippen LogP) is -0.461. The standard InChI is InChI=1S/C6H8N2O2/c7-3-4-1-5(9)2-6(10)8-4/h1-2H,3,7H2,(H2,8,9,10). The fourth-order valence-corrected chi connectivity index (χ4v) is 0.695. The molecule has 0 saturated carbocycles. The molecule has 1 rings (SSSR count). The van der Waals surface area contributed by atoms with Gasteiger partial charge in [0.1, 0.15) is 5.75 Å². The van der Waals surface area contributed by atoms with Crippen molar-refractivity contribution in [2.75, 3.05) is 0 Å². The number of H-pyrrole nitrogens is 1. The number of hydrogen-bond donors (Lipinski definition) is 3. The first-order valence-electron chi connectivity index (χ1n) is 2.84. The van der Waals surface area contributed by atoms with Crippen molar-refractivity contribution in [1.29, 1.82) is 0 Å². The van der Waals surface area contributed by atoms with Gasteiger partial charge < -0.3 is 15.8 Å². The quantitative estimate of drug-likeness (QED) is 0.493. The number of hydrogen-bond acceptors (Lipinski definition) is 3. The molecule has 0 saturated heterocycles. The SMILES string of the molecule is NCc1cc(O)cc(=O)[nH]1. The molecule has 0 radical (unpaired) electrons. The average Bonchev–Trinajstić information content (AvgIpc) is 1.85. The molecule has 1 aromatic rings. The molecule has 0 unspecified atom stereocenters. The molecule has 0 bridgehead atoms. The van der Waals surface area contributed by atoms with Gasteiger partial charge in [0.15, 0.2) is 0 Å². The maximum Gasteiger partial charge on any atom is 0.251 e. The van der Waals surface area contributed by atoms with Gasteiger partial charge in [0, 0.05) is 24.4 Å². The Labute approximate surface area is 57.3 Å². The van der Waals surface area contributed by atoms with Gasteiger partial charge in [0.05, 0.1) is 0 Å². The molecule has 1 heterocycles. The Hall–Kier alpha value is -1.29. The summed E-state index contributed by atoms with van der Waals surface area (Å²) in [4.78, 5) is 13.1. The van der Waals surface area contributed by atoms with E-state index in [0.717, 1.165) is 6.07 Å². The molecule has 4 nitrogen and oxygen atoms in total. The summed E-state index contributed by atoms with van der Waals surface area (Å²) in [6.45, 7) is 0.226. The first-order chi connectivity index (χ1) is 4.72. The molecule has 1 aromatic heterocycles. The summed E-state index contributed by atoms with van der Waals surface area (Å²) in [6.07, 6.45) is 0. The zero-order valence-electron chi connectivity index (χ0n) is 5.29. The molecule has 0 spiro atoms. The monoisotopic (exact) mass is 140 g/mol. The average molecular weight is 140 g/mol. The van der Waals surface area contributed by atoms with Gasteiger partial charge in [-0.25, -0.2) is 0 Å². The molecule has 0 atom stereocenters. The highest BCUT2D eigenvalue weighted by atomic mass is 16.3. The molecule has 10 heavy (non-hydrogen) atoms. The Balaban J connectivity index is 3.19. The first kappa shape index (κ1) is 6.82. The molecule has 0 aliphatic heterocycles. The van der Waals surface area contributed by atoms with Crippen molar-refractivity contribution in [2.24, 2.45) is 5.73 Å². The van der Waals surface area contributed by atoms with Crippen molar-refractivity contribution in [3.8, 4) is 5.75 Å². The fourth-order valence-electron chi connectivity index (χ4n) is 0.695. The minimum absolute atomic E-state index is 0.0517. The Morgan fingerprint density at radius 2 is 2.30 bits per heavy atom. The van der Waals surface area contributed by atoms with Gasteiger partial charge in [0.2, 0.25) is 0 Å². The number of nitrogens with one attached hydrogen (secondary N) is 1. The van der Waals surface area contributed by atoms with Crippen molar-refractivity contribution < 1.29 is 5.11 Å². The van der Waals surface area contributed by atoms with E-state index in [4.69, 9.17) is 10.8 Å². The van der Waals surface area contributed by atoms with E-state index >= 15 is 0 Å². The van der Waals surface area contributed by atoms with E-state index < -0.39 is 0 Å². The number of rotatable bonds is 1. The normalized spacial score (nSPS) is 9.70. The van der Waals surface area contributed by atoms with Crippen molar-refractivity contribution in [2.45, 2.75) is 6.54 Å². The molecule has 0 aromatic carbocycles. The van der Waals surface area contributed by atoms with Crippen LogP contribution in [0.15, 0.2) is 16.9 Å². The van der Waals surface area contributed by atoms with Gasteiger partial charge in [-0.1, -0.05) is 0 Å². The van der Waals surface area contributed by atoms with Crippen LogP contribution in [-0.2, 0) is 6.54 Å². The lowest BCUT2D eigenvalue weighted by atomic mass is 10.3. The highest BCUT2D eigenvalue weighted by Crippen LogP contribution is 2.03. The lowest BCUT2D eigenvalue weighted by Crippen LogP contribution is -2.09. The second-order valence-electron chi connectivity index (χ2n) is 1.93. The van der Waals surface area contributed by atoms with Crippen LogP contribution in [0.3, 0.4) is 0 Å². The van der Waals surface area contributed by atoms with E-state index in [-0.39, 0.29) is 17.9 Å². The summed E-state index contributed by atoms with van der Waals surface area (Å²) in [5.74, 6) is -0.0517. The summed E-state index contributed by atoms with van der Waals surface area (Å²) >= 11 is 0. The molecule has 4 heteroatoms. The van der Waals surface area contributed by atoms with Crippen LogP contribution < -0.4 is 11.3 Å². The van der Waals surface area contributed by atoms with Crippen LogP contribution in [0, 0.1) is 0 Å². The van der Waals surface area contributed by atoms with Crippen LogP contribution in [0.2, 0.25) is 0 Å². The summed E-state index contributed by atoms with van der Waals surface area (Å²) in [5, 5.41) is 8.85. The van der Waals surface area contributed by atoms with Crippen molar-refractivity contribution in [3.63, 3.8) is 0 Å². The Kier molecular flexibility index (Phi) is 1.73. The first-order valence-corrected chi connectivity index (χ1v) is 2.84. The lowest BCUT2D eigenvalue weighted by molar-refractivity contribution is 0.472. The van der Waals surface area contributed by atoms with E-state index in [1.54, 1.807) is 0 Å². The molecule has 4 N–H and O–H groups in total. The zero-order valence-corrected chi connectivity index (χ0v) is 5.29. The van der Waals surface area contributed by atoms with Crippen LogP contribution in [0.25, 0.3) is 0 Å². The summed E-state index contributed by atoms with van der Waals surface area (Å²) in [7, 11) is 0. The molecule has 0 aliphatic carbocycles. The van der Waals surface area contributed by atoms with Crippen LogP contribution in [-0.4, -0.2) is 10.1 Å². The Morgan fingerprint density at radius 1 is 1.60 bits per heavy atom. The smallest absolute Gasteiger partial charge is 0.251 e. The lowest BCUT2D eigenvalue weighted by Gasteiger charge is -1.95. The highest BCUT2D eigenvalue weighted by molar-refractivity contribution is 5.20. The van der Waals surface area contributed by atoms with E-state index in [1.165, 1.54) is 6.07 Å². The van der Waals surface area contributed by atoms with Crippen molar-refractivity contribution >= 4 is 0 Å². The second kappa shape index (κ2) is 2.53. The molecular weight excluding hydrogens is 132 g/mol. The predicted molar refractivity (Wildman–Crippen MR) is 36.6 cm³/mol. The third-order valence-corrected chi connectivity index (χ3v) is 1.10. The van der Waals surface area contributed by atoms with E-state index in [0.29, 0.717) is 5.69 Å². The number of nitrogens with two attached hydrogens (primary N) is 1. The largest absolute Gasteiger partial charge is 0.508 e.